The fourth-order valence-corrected chi connectivity index (χ4v) is 1.63. The Kier molecular flexibility index (Phi) is 2.98. The maximum atomic E-state index is 12.5. The van der Waals surface area contributed by atoms with E-state index in [0.717, 1.165) is 11.6 Å². The first-order chi connectivity index (χ1) is 8.41. The Hall–Kier alpha value is -2.04. The molecule has 0 fully saturated rings. The number of benzene rings is 1. The molecule has 0 amide bonds. The van der Waals surface area contributed by atoms with Crippen LogP contribution in [0.1, 0.15) is 17.0 Å². The van der Waals surface area contributed by atoms with Gasteiger partial charge >= 0.3 is 6.18 Å². The average Bonchev–Trinajstić information content (AvgIpc) is 2.71. The summed E-state index contributed by atoms with van der Waals surface area (Å²) in [6.07, 6.45) is -2.75. The summed E-state index contributed by atoms with van der Waals surface area (Å²) in [7, 11) is 0. The van der Waals surface area contributed by atoms with Gasteiger partial charge in [0.05, 0.1) is 5.69 Å². The molecule has 0 spiro atoms. The molecule has 0 radical (unpaired) electrons. The van der Waals surface area contributed by atoms with Gasteiger partial charge in [0.2, 0.25) is 0 Å². The van der Waals surface area contributed by atoms with Gasteiger partial charge in [0.1, 0.15) is 0 Å². The molecule has 0 atom stereocenters. The van der Waals surface area contributed by atoms with Crippen molar-refractivity contribution in [3.8, 4) is 5.69 Å². The Bertz CT molecular complexity index is 565. The molecule has 5 heteroatoms. The van der Waals surface area contributed by atoms with Gasteiger partial charge in [-0.05, 0) is 30.7 Å². The van der Waals surface area contributed by atoms with Gasteiger partial charge < -0.3 is 0 Å². The zero-order valence-electron chi connectivity index (χ0n) is 9.70. The van der Waals surface area contributed by atoms with E-state index in [1.54, 1.807) is 37.3 Å². The zero-order valence-corrected chi connectivity index (χ0v) is 9.70. The molecular formula is C13H11F3N2. The number of halogens is 3. The van der Waals surface area contributed by atoms with Gasteiger partial charge in [-0.25, -0.2) is 4.68 Å². The Balaban J connectivity index is 2.44. The highest BCUT2D eigenvalue weighted by atomic mass is 19.4. The minimum absolute atomic E-state index is 0.439. The molecule has 0 unspecified atom stereocenters. The van der Waals surface area contributed by atoms with Crippen molar-refractivity contribution in [2.75, 3.05) is 0 Å². The highest BCUT2D eigenvalue weighted by Gasteiger charge is 2.34. The van der Waals surface area contributed by atoms with Crippen molar-refractivity contribution in [3.63, 3.8) is 0 Å². The van der Waals surface area contributed by atoms with Gasteiger partial charge in [-0.1, -0.05) is 24.8 Å². The van der Waals surface area contributed by atoms with Crippen LogP contribution >= 0.6 is 0 Å². The van der Waals surface area contributed by atoms with Crippen molar-refractivity contribution >= 4 is 6.08 Å². The number of hydrogen-bond donors (Lipinski definition) is 0. The number of hydrogen-bond acceptors (Lipinski definition) is 1. The monoisotopic (exact) mass is 252 g/mol. The standard InChI is InChI=1S/C13H11F3N2/c1-3-10-4-6-11(7-5-10)18-9(2)8-12(17-18)13(14,15)16/h3-8H,1H2,2H3. The maximum Gasteiger partial charge on any atom is 0.435 e. The molecule has 0 saturated heterocycles. The highest BCUT2D eigenvalue weighted by Crippen LogP contribution is 2.29. The van der Waals surface area contributed by atoms with Crippen LogP contribution in [-0.2, 0) is 6.18 Å². The molecule has 0 bridgehead atoms. The second-order valence-electron chi connectivity index (χ2n) is 3.88. The van der Waals surface area contributed by atoms with Crippen molar-refractivity contribution < 1.29 is 13.2 Å². The largest absolute Gasteiger partial charge is 0.435 e. The molecule has 0 aliphatic carbocycles. The number of nitrogens with zero attached hydrogens (tertiary/aromatic N) is 2. The normalized spacial score (nSPS) is 11.6. The first kappa shape index (κ1) is 12.4. The molecule has 0 saturated carbocycles. The molecule has 18 heavy (non-hydrogen) atoms. The first-order valence-corrected chi connectivity index (χ1v) is 5.28. The minimum atomic E-state index is -4.42. The van der Waals surface area contributed by atoms with E-state index in [4.69, 9.17) is 0 Å². The summed E-state index contributed by atoms with van der Waals surface area (Å²) in [6.45, 7) is 5.20. The Labute approximate surface area is 102 Å². The highest BCUT2D eigenvalue weighted by molar-refractivity contribution is 5.50. The summed E-state index contributed by atoms with van der Waals surface area (Å²) < 4.78 is 38.9. The van der Waals surface area contributed by atoms with Crippen molar-refractivity contribution in [2.45, 2.75) is 13.1 Å². The van der Waals surface area contributed by atoms with Crippen LogP contribution in [0, 0.1) is 6.92 Å². The van der Waals surface area contributed by atoms with E-state index in [-0.39, 0.29) is 0 Å². The fraction of sp³-hybridized carbons (Fsp3) is 0.154. The van der Waals surface area contributed by atoms with E-state index >= 15 is 0 Å². The predicted molar refractivity (Wildman–Crippen MR) is 63.4 cm³/mol. The molecule has 1 heterocycles. The zero-order chi connectivity index (χ0) is 13.3. The van der Waals surface area contributed by atoms with Gasteiger partial charge in [-0.2, -0.15) is 18.3 Å². The fourth-order valence-electron chi connectivity index (χ4n) is 1.63. The lowest BCUT2D eigenvalue weighted by Gasteiger charge is -2.05. The van der Waals surface area contributed by atoms with Crippen LogP contribution < -0.4 is 0 Å². The van der Waals surface area contributed by atoms with Crippen molar-refractivity contribution in [1.29, 1.82) is 0 Å². The van der Waals surface area contributed by atoms with Crippen LogP contribution in [0.15, 0.2) is 36.9 Å². The van der Waals surface area contributed by atoms with Gasteiger partial charge in [-0.3, -0.25) is 0 Å². The molecule has 2 rings (SSSR count). The summed E-state index contributed by atoms with van der Waals surface area (Å²) in [4.78, 5) is 0. The van der Waals surface area contributed by atoms with E-state index in [0.29, 0.717) is 11.4 Å². The molecule has 0 N–H and O–H groups in total. The predicted octanol–water partition coefficient (Wildman–Crippen LogP) is 3.84. The summed E-state index contributed by atoms with van der Waals surface area (Å²) in [5, 5.41) is 3.57. The lowest BCUT2D eigenvalue weighted by Crippen LogP contribution is -2.07. The minimum Gasteiger partial charge on any atom is -0.238 e. The van der Waals surface area contributed by atoms with Crippen LogP contribution in [-0.4, -0.2) is 9.78 Å². The number of aromatic nitrogens is 2. The molecule has 1 aromatic heterocycles. The Morgan fingerprint density at radius 1 is 1.22 bits per heavy atom. The second kappa shape index (κ2) is 4.33. The lowest BCUT2D eigenvalue weighted by atomic mass is 10.2. The van der Waals surface area contributed by atoms with Crippen LogP contribution in [0.25, 0.3) is 11.8 Å². The number of alkyl halides is 3. The van der Waals surface area contributed by atoms with Crippen molar-refractivity contribution in [2.24, 2.45) is 0 Å². The smallest absolute Gasteiger partial charge is 0.238 e. The third-order valence-corrected chi connectivity index (χ3v) is 2.55. The first-order valence-electron chi connectivity index (χ1n) is 5.28. The molecule has 2 aromatic rings. The average molecular weight is 252 g/mol. The lowest BCUT2D eigenvalue weighted by molar-refractivity contribution is -0.141. The van der Waals surface area contributed by atoms with Crippen LogP contribution in [0.2, 0.25) is 0 Å². The van der Waals surface area contributed by atoms with Crippen LogP contribution in [0.5, 0.6) is 0 Å². The SMILES string of the molecule is C=Cc1ccc(-n2nc(C(F)(F)F)cc2C)cc1. The third kappa shape index (κ3) is 2.30. The third-order valence-electron chi connectivity index (χ3n) is 2.55. The van der Waals surface area contributed by atoms with Gasteiger partial charge in [0.15, 0.2) is 5.69 Å². The molecule has 2 nitrogen and oxygen atoms in total. The number of rotatable bonds is 2. The Morgan fingerprint density at radius 3 is 2.28 bits per heavy atom. The Morgan fingerprint density at radius 2 is 1.83 bits per heavy atom. The van der Waals surface area contributed by atoms with E-state index in [1.807, 2.05) is 0 Å². The van der Waals surface area contributed by atoms with E-state index in [9.17, 15) is 13.2 Å². The van der Waals surface area contributed by atoms with E-state index in [1.165, 1.54) is 4.68 Å². The quantitative estimate of drug-likeness (QED) is 0.794. The summed E-state index contributed by atoms with van der Waals surface area (Å²) in [5.74, 6) is 0. The topological polar surface area (TPSA) is 17.8 Å². The summed E-state index contributed by atoms with van der Waals surface area (Å²) >= 11 is 0. The second-order valence-corrected chi connectivity index (χ2v) is 3.88. The molecule has 0 aliphatic heterocycles. The van der Waals surface area contributed by atoms with Gasteiger partial charge in [0, 0.05) is 5.69 Å². The van der Waals surface area contributed by atoms with Crippen LogP contribution in [0.4, 0.5) is 13.2 Å². The van der Waals surface area contributed by atoms with Crippen molar-refractivity contribution in [3.05, 3.63) is 53.9 Å². The summed E-state index contributed by atoms with van der Waals surface area (Å²) in [6, 6.07) is 7.99. The van der Waals surface area contributed by atoms with E-state index in [2.05, 4.69) is 11.7 Å². The van der Waals surface area contributed by atoms with Gasteiger partial charge in [-0.15, -0.1) is 0 Å². The number of aryl methyl sites for hydroxylation is 1. The molecule has 94 valence electrons. The van der Waals surface area contributed by atoms with Crippen molar-refractivity contribution in [1.82, 2.24) is 9.78 Å². The molecule has 0 aliphatic rings. The maximum absolute atomic E-state index is 12.5. The van der Waals surface area contributed by atoms with E-state index < -0.39 is 11.9 Å². The molecular weight excluding hydrogens is 241 g/mol. The van der Waals surface area contributed by atoms with Gasteiger partial charge in [0.25, 0.3) is 0 Å². The van der Waals surface area contributed by atoms with Crippen LogP contribution in [0.3, 0.4) is 0 Å². The summed E-state index contributed by atoms with van der Waals surface area (Å²) in [5.41, 5.74) is 1.05. The molecule has 1 aromatic carbocycles.